The van der Waals surface area contributed by atoms with Crippen molar-refractivity contribution in [2.24, 2.45) is 0 Å². The lowest BCUT2D eigenvalue weighted by atomic mass is 9.73. The van der Waals surface area contributed by atoms with E-state index in [0.717, 1.165) is 73.0 Å². The molecule has 1 spiro atoms. The second-order valence-electron chi connectivity index (χ2n) is 9.44. The fraction of sp³-hybridized carbons (Fsp3) is 0.583. The first kappa shape index (κ1) is 21.9. The summed E-state index contributed by atoms with van der Waals surface area (Å²) < 4.78 is 18.3. The van der Waals surface area contributed by atoms with E-state index in [2.05, 4.69) is 25.8 Å². The van der Waals surface area contributed by atoms with Gasteiger partial charge in [-0.15, -0.1) is 0 Å². The number of nitrogens with zero attached hydrogens (tertiary/aromatic N) is 6. The van der Waals surface area contributed by atoms with Crippen molar-refractivity contribution >= 4 is 28.1 Å². The minimum Gasteiger partial charge on any atom is -0.491 e. The summed E-state index contributed by atoms with van der Waals surface area (Å²) in [5.74, 6) is 3.48. The first-order valence-corrected chi connectivity index (χ1v) is 13.5. The minimum absolute atomic E-state index is 0.244. The minimum atomic E-state index is -1.08. The van der Waals surface area contributed by atoms with Gasteiger partial charge in [0.05, 0.1) is 47.1 Å². The first-order valence-electron chi connectivity index (χ1n) is 12.2. The number of aromatic nitrogens is 4. The molecule has 5 heterocycles. The van der Waals surface area contributed by atoms with Crippen LogP contribution in [0.1, 0.15) is 50.5 Å². The van der Waals surface area contributed by atoms with E-state index in [-0.39, 0.29) is 11.6 Å². The number of hydrogen-bond donors (Lipinski definition) is 1. The van der Waals surface area contributed by atoms with E-state index in [0.29, 0.717) is 37.0 Å². The van der Waals surface area contributed by atoms with Gasteiger partial charge in [0.2, 0.25) is 5.95 Å². The van der Waals surface area contributed by atoms with Crippen LogP contribution >= 0.6 is 0 Å². The van der Waals surface area contributed by atoms with Gasteiger partial charge >= 0.3 is 0 Å². The zero-order valence-electron chi connectivity index (χ0n) is 19.4. The number of ether oxygens (including phenoxy) is 1. The summed E-state index contributed by atoms with van der Waals surface area (Å²) in [6, 6.07) is 0. The molecule has 0 aromatic carbocycles. The Balaban J connectivity index is 1.28. The Bertz CT molecular complexity index is 1150. The van der Waals surface area contributed by atoms with Crippen molar-refractivity contribution < 1.29 is 14.1 Å². The van der Waals surface area contributed by atoms with Crippen molar-refractivity contribution in [3.05, 3.63) is 30.0 Å². The highest BCUT2D eigenvalue weighted by Crippen LogP contribution is 2.49. The van der Waals surface area contributed by atoms with E-state index in [9.17, 15) is 9.32 Å². The average molecular weight is 483 g/mol. The number of fused-ring (bicyclic) bond motifs is 1. The summed E-state index contributed by atoms with van der Waals surface area (Å²) in [5.41, 5.74) is 1.77. The molecule has 3 aliphatic heterocycles. The number of anilines is 2. The van der Waals surface area contributed by atoms with Crippen LogP contribution in [-0.2, 0) is 17.2 Å². The molecule has 1 N–H and O–H groups in total. The zero-order valence-corrected chi connectivity index (χ0v) is 20.3. The van der Waals surface area contributed by atoms with Gasteiger partial charge in [0.15, 0.2) is 17.4 Å². The maximum absolute atomic E-state index is 12.9. The van der Waals surface area contributed by atoms with Gasteiger partial charge in [-0.3, -0.25) is 4.21 Å². The largest absolute Gasteiger partial charge is 0.491 e. The highest BCUT2D eigenvalue weighted by molar-refractivity contribution is 7.85. The Labute approximate surface area is 201 Å². The number of hydrogen-bond acceptors (Lipinski definition) is 9. The molecule has 180 valence electrons. The fourth-order valence-corrected chi connectivity index (χ4v) is 7.00. The number of aryl methyl sites for hydroxylation is 1. The zero-order chi connectivity index (χ0) is 23.3. The van der Waals surface area contributed by atoms with Gasteiger partial charge in [-0.05, 0) is 44.6 Å². The third kappa shape index (κ3) is 3.50. The van der Waals surface area contributed by atoms with Crippen LogP contribution < -0.4 is 14.5 Å². The van der Waals surface area contributed by atoms with E-state index in [4.69, 9.17) is 14.7 Å². The molecule has 6 rings (SSSR count). The summed E-state index contributed by atoms with van der Waals surface area (Å²) in [7, 11) is -1.08. The molecule has 1 saturated carbocycles. The normalized spacial score (nSPS) is 25.3. The predicted octanol–water partition coefficient (Wildman–Crippen LogP) is 2.12. The van der Waals surface area contributed by atoms with Crippen molar-refractivity contribution in [2.75, 3.05) is 41.8 Å². The third-order valence-corrected chi connectivity index (χ3v) is 9.08. The molecular formula is C24H30N6O3S. The lowest BCUT2D eigenvalue weighted by Crippen LogP contribution is -2.56. The molecule has 10 heteroatoms. The molecule has 2 aromatic heterocycles. The summed E-state index contributed by atoms with van der Waals surface area (Å²) in [6.45, 7) is 4.71. The van der Waals surface area contributed by atoms with E-state index in [1.54, 1.807) is 12.4 Å². The second kappa shape index (κ2) is 8.57. The maximum Gasteiger partial charge on any atom is 0.227 e. The highest BCUT2D eigenvalue weighted by Gasteiger charge is 2.53. The van der Waals surface area contributed by atoms with Gasteiger partial charge in [0.25, 0.3) is 0 Å². The van der Waals surface area contributed by atoms with E-state index in [1.165, 1.54) is 0 Å². The molecule has 9 nitrogen and oxygen atoms in total. The summed E-state index contributed by atoms with van der Waals surface area (Å²) in [5, 5.41) is 10.7. The molecule has 0 amide bonds. The Kier molecular flexibility index (Phi) is 5.52. The SMILES string of the molecule is CCOc1cnc(C2=CCN(c3nc4c(c(N5CC[C@@H](O)C56CCC6)n3)[S@@](=O)CC4)CC2)nc1. The molecule has 1 aliphatic carbocycles. The maximum atomic E-state index is 12.9. The molecule has 0 bridgehead atoms. The number of aliphatic hydroxyl groups excluding tert-OH is 1. The van der Waals surface area contributed by atoms with Crippen molar-refractivity contribution in [1.29, 1.82) is 0 Å². The van der Waals surface area contributed by atoms with Crippen molar-refractivity contribution in [2.45, 2.75) is 62.0 Å². The Hall–Kier alpha value is -2.59. The van der Waals surface area contributed by atoms with Crippen LogP contribution in [-0.4, -0.2) is 72.9 Å². The van der Waals surface area contributed by atoms with E-state index in [1.807, 2.05) is 6.92 Å². The number of rotatable bonds is 5. The second-order valence-corrected chi connectivity index (χ2v) is 10.9. The van der Waals surface area contributed by atoms with Gasteiger partial charge in [0, 0.05) is 31.8 Å². The predicted molar refractivity (Wildman–Crippen MR) is 130 cm³/mol. The molecule has 34 heavy (non-hydrogen) atoms. The van der Waals surface area contributed by atoms with Gasteiger partial charge in [-0.25, -0.2) is 15.0 Å². The molecular weight excluding hydrogens is 452 g/mol. The summed E-state index contributed by atoms with van der Waals surface area (Å²) in [4.78, 5) is 24.0. The molecule has 1 saturated heterocycles. The quantitative estimate of drug-likeness (QED) is 0.686. The van der Waals surface area contributed by atoms with Crippen molar-refractivity contribution in [3.63, 3.8) is 0 Å². The van der Waals surface area contributed by atoms with Gasteiger partial charge in [-0.1, -0.05) is 6.08 Å². The third-order valence-electron chi connectivity index (χ3n) is 7.64. The van der Waals surface area contributed by atoms with Crippen LogP contribution in [0.15, 0.2) is 23.4 Å². The van der Waals surface area contributed by atoms with Gasteiger partial charge < -0.3 is 19.6 Å². The molecule has 2 aromatic rings. The molecule has 2 atom stereocenters. The smallest absolute Gasteiger partial charge is 0.227 e. The first-order chi connectivity index (χ1) is 16.6. The molecule has 0 unspecified atom stereocenters. The summed E-state index contributed by atoms with van der Waals surface area (Å²) >= 11 is 0. The Morgan fingerprint density at radius 2 is 2.03 bits per heavy atom. The van der Waals surface area contributed by atoms with Gasteiger partial charge in [0.1, 0.15) is 4.90 Å². The Morgan fingerprint density at radius 3 is 2.71 bits per heavy atom. The van der Waals surface area contributed by atoms with Gasteiger partial charge in [-0.2, -0.15) is 4.98 Å². The standard InChI is InChI=1S/C24H30N6O3S/c1-2-33-17-14-25-21(26-15-17)16-4-10-29(11-5-16)23-27-18-7-13-34(32)20(18)22(28-23)30-12-6-19(31)24(30)8-3-9-24/h4,14-15,19,31H,2-3,5-13H2,1H3/t19-,34+/m1/s1. The molecule has 2 fully saturated rings. The van der Waals surface area contributed by atoms with E-state index >= 15 is 0 Å². The van der Waals surface area contributed by atoms with Crippen molar-refractivity contribution in [1.82, 2.24) is 19.9 Å². The van der Waals surface area contributed by atoms with Crippen LogP contribution in [0.25, 0.3) is 5.57 Å². The topological polar surface area (TPSA) is 105 Å². The van der Waals surface area contributed by atoms with Crippen LogP contribution in [0.2, 0.25) is 0 Å². The van der Waals surface area contributed by atoms with E-state index < -0.39 is 10.8 Å². The average Bonchev–Trinajstić information content (AvgIpc) is 3.39. The fourth-order valence-electron chi connectivity index (χ4n) is 5.65. The highest BCUT2D eigenvalue weighted by atomic mass is 32.2. The van der Waals surface area contributed by atoms with Crippen molar-refractivity contribution in [3.8, 4) is 5.75 Å². The van der Waals surface area contributed by atoms with Crippen LogP contribution in [0.3, 0.4) is 0 Å². The molecule has 0 radical (unpaired) electrons. The lowest BCUT2D eigenvalue weighted by Gasteiger charge is -2.48. The molecule has 4 aliphatic rings. The summed E-state index contributed by atoms with van der Waals surface area (Å²) in [6.07, 6.45) is 10.5. The lowest BCUT2D eigenvalue weighted by molar-refractivity contribution is 0.0579. The monoisotopic (exact) mass is 482 g/mol. The number of aliphatic hydroxyl groups is 1. The van der Waals surface area contributed by atoms with Crippen LogP contribution in [0, 0.1) is 0 Å². The van der Waals surface area contributed by atoms with Crippen LogP contribution in [0.4, 0.5) is 11.8 Å². The Morgan fingerprint density at radius 1 is 1.21 bits per heavy atom. The van der Waals surface area contributed by atoms with Crippen LogP contribution in [0.5, 0.6) is 5.75 Å².